The summed E-state index contributed by atoms with van der Waals surface area (Å²) in [5.41, 5.74) is 1.92. The lowest BCUT2D eigenvalue weighted by Crippen LogP contribution is -2.02. The van der Waals surface area contributed by atoms with Gasteiger partial charge >= 0.3 is 5.97 Å². The molecular formula is C15H11ClO2. The van der Waals surface area contributed by atoms with Crippen LogP contribution in [0.3, 0.4) is 0 Å². The maximum absolute atomic E-state index is 11.1. The predicted molar refractivity (Wildman–Crippen MR) is 72.7 cm³/mol. The van der Waals surface area contributed by atoms with Crippen molar-refractivity contribution in [1.82, 2.24) is 0 Å². The lowest BCUT2D eigenvalue weighted by molar-refractivity contribution is -0.128. The first-order valence-electron chi connectivity index (χ1n) is 5.40. The largest absolute Gasteiger partial charge is 0.423 e. The van der Waals surface area contributed by atoms with Crippen molar-refractivity contribution in [3.8, 4) is 16.9 Å². The number of ether oxygens (including phenoxy) is 1. The fraction of sp³-hybridized carbons (Fsp3) is 0. The van der Waals surface area contributed by atoms with Crippen molar-refractivity contribution in [2.75, 3.05) is 0 Å². The lowest BCUT2D eigenvalue weighted by Gasteiger charge is -2.07. The van der Waals surface area contributed by atoms with E-state index in [-0.39, 0.29) is 0 Å². The highest BCUT2D eigenvalue weighted by atomic mass is 35.5. The van der Waals surface area contributed by atoms with E-state index in [0.29, 0.717) is 10.8 Å². The summed E-state index contributed by atoms with van der Waals surface area (Å²) >= 11 is 6.17. The van der Waals surface area contributed by atoms with Gasteiger partial charge in [0.2, 0.25) is 0 Å². The van der Waals surface area contributed by atoms with Gasteiger partial charge in [-0.2, -0.15) is 0 Å². The molecule has 2 aromatic carbocycles. The number of carbonyl (C=O) groups excluding carboxylic acids is 1. The number of hydrogen-bond donors (Lipinski definition) is 0. The van der Waals surface area contributed by atoms with Gasteiger partial charge in [-0.05, 0) is 17.7 Å². The smallest absolute Gasteiger partial charge is 0.335 e. The molecule has 0 bridgehead atoms. The van der Waals surface area contributed by atoms with Gasteiger partial charge in [0.15, 0.2) is 0 Å². The van der Waals surface area contributed by atoms with Crippen molar-refractivity contribution in [2.45, 2.75) is 0 Å². The number of rotatable bonds is 3. The Kier molecular flexibility index (Phi) is 3.80. The van der Waals surface area contributed by atoms with E-state index in [1.54, 1.807) is 12.1 Å². The van der Waals surface area contributed by atoms with E-state index >= 15 is 0 Å². The van der Waals surface area contributed by atoms with E-state index in [1.807, 2.05) is 36.4 Å². The minimum absolute atomic E-state index is 0.407. The zero-order valence-electron chi connectivity index (χ0n) is 9.60. The van der Waals surface area contributed by atoms with Crippen LogP contribution in [0.4, 0.5) is 0 Å². The molecule has 0 aliphatic rings. The summed E-state index contributed by atoms with van der Waals surface area (Å²) in [6.07, 6.45) is 1.11. The predicted octanol–water partition coefficient (Wildman–Crippen LogP) is 4.10. The maximum atomic E-state index is 11.1. The quantitative estimate of drug-likeness (QED) is 0.471. The Morgan fingerprint density at radius 2 is 1.89 bits per heavy atom. The Labute approximate surface area is 110 Å². The minimum atomic E-state index is -0.501. The first-order valence-corrected chi connectivity index (χ1v) is 5.77. The Morgan fingerprint density at radius 1 is 1.17 bits per heavy atom. The highest BCUT2D eigenvalue weighted by Crippen LogP contribution is 2.31. The minimum Gasteiger partial charge on any atom is -0.423 e. The van der Waals surface area contributed by atoms with Gasteiger partial charge in [-0.3, -0.25) is 0 Å². The number of hydrogen-bond acceptors (Lipinski definition) is 2. The zero-order chi connectivity index (χ0) is 13.0. The van der Waals surface area contributed by atoms with Gasteiger partial charge < -0.3 is 4.74 Å². The van der Waals surface area contributed by atoms with Crippen LogP contribution < -0.4 is 4.74 Å². The van der Waals surface area contributed by atoms with Gasteiger partial charge in [-0.15, -0.1) is 0 Å². The van der Waals surface area contributed by atoms with Crippen LogP contribution in [0.2, 0.25) is 5.02 Å². The highest BCUT2D eigenvalue weighted by Gasteiger charge is 2.06. The molecule has 3 heteroatoms. The summed E-state index contributed by atoms with van der Waals surface area (Å²) in [7, 11) is 0. The Morgan fingerprint density at radius 3 is 2.50 bits per heavy atom. The van der Waals surface area contributed by atoms with Crippen LogP contribution in [0.25, 0.3) is 11.1 Å². The Hall–Kier alpha value is -2.06. The standard InChI is InChI=1S/C15H11ClO2/c1-2-15(17)18-12-8-9-13(14(16)10-12)11-6-4-3-5-7-11/h2-10H,1H2. The van der Waals surface area contributed by atoms with Crippen molar-refractivity contribution < 1.29 is 9.53 Å². The normalized spacial score (nSPS) is 9.83. The van der Waals surface area contributed by atoms with E-state index in [0.717, 1.165) is 17.2 Å². The highest BCUT2D eigenvalue weighted by molar-refractivity contribution is 6.33. The van der Waals surface area contributed by atoms with E-state index in [4.69, 9.17) is 16.3 Å². The molecule has 0 aliphatic heterocycles. The van der Waals surface area contributed by atoms with Crippen LogP contribution in [0, 0.1) is 0 Å². The molecule has 0 amide bonds. The van der Waals surface area contributed by atoms with E-state index in [9.17, 15) is 4.79 Å². The average molecular weight is 259 g/mol. The van der Waals surface area contributed by atoms with Crippen LogP contribution in [0.1, 0.15) is 0 Å². The molecule has 0 unspecified atom stereocenters. The molecule has 2 rings (SSSR count). The summed E-state index contributed by atoms with van der Waals surface area (Å²) in [5, 5.41) is 0.538. The average Bonchev–Trinajstić information content (AvgIpc) is 2.40. The molecule has 0 aromatic heterocycles. The third kappa shape index (κ3) is 2.79. The second kappa shape index (κ2) is 5.52. The van der Waals surface area contributed by atoms with E-state index in [2.05, 4.69) is 6.58 Å². The zero-order valence-corrected chi connectivity index (χ0v) is 10.4. The van der Waals surface area contributed by atoms with Crippen molar-refractivity contribution in [3.05, 3.63) is 66.2 Å². The molecule has 0 spiro atoms. The van der Waals surface area contributed by atoms with Crippen molar-refractivity contribution in [3.63, 3.8) is 0 Å². The summed E-state index contributed by atoms with van der Waals surface area (Å²) in [6, 6.07) is 14.9. The summed E-state index contributed by atoms with van der Waals surface area (Å²) in [4.78, 5) is 11.1. The molecule has 18 heavy (non-hydrogen) atoms. The molecule has 0 radical (unpaired) electrons. The molecule has 0 heterocycles. The van der Waals surface area contributed by atoms with Gasteiger partial charge in [0.1, 0.15) is 5.75 Å². The van der Waals surface area contributed by atoms with Crippen LogP contribution in [0.5, 0.6) is 5.75 Å². The fourth-order valence-corrected chi connectivity index (χ4v) is 1.85. The monoisotopic (exact) mass is 258 g/mol. The molecule has 0 fully saturated rings. The fourth-order valence-electron chi connectivity index (χ4n) is 1.57. The van der Waals surface area contributed by atoms with E-state index < -0.39 is 5.97 Å². The second-order valence-electron chi connectivity index (χ2n) is 3.63. The summed E-state index contributed by atoms with van der Waals surface area (Å²) < 4.78 is 4.99. The molecule has 0 saturated carbocycles. The molecule has 90 valence electrons. The van der Waals surface area contributed by atoms with Crippen molar-refractivity contribution >= 4 is 17.6 Å². The third-order valence-corrected chi connectivity index (χ3v) is 2.72. The summed E-state index contributed by atoms with van der Waals surface area (Å²) in [5.74, 6) is -0.0943. The number of halogens is 1. The van der Waals surface area contributed by atoms with Gasteiger partial charge in [-0.1, -0.05) is 48.5 Å². The number of carbonyl (C=O) groups is 1. The number of benzene rings is 2. The Balaban J connectivity index is 2.31. The Bertz CT molecular complexity index is 576. The van der Waals surface area contributed by atoms with Crippen LogP contribution in [0.15, 0.2) is 61.2 Å². The molecule has 0 saturated heterocycles. The van der Waals surface area contributed by atoms with Gasteiger partial charge in [0.05, 0.1) is 5.02 Å². The topological polar surface area (TPSA) is 26.3 Å². The lowest BCUT2D eigenvalue weighted by atomic mass is 10.1. The first kappa shape index (κ1) is 12.4. The van der Waals surface area contributed by atoms with Gasteiger partial charge in [0, 0.05) is 17.7 Å². The van der Waals surface area contributed by atoms with Crippen LogP contribution in [-0.2, 0) is 4.79 Å². The molecule has 0 N–H and O–H groups in total. The molecule has 0 aliphatic carbocycles. The van der Waals surface area contributed by atoms with Gasteiger partial charge in [0.25, 0.3) is 0 Å². The maximum Gasteiger partial charge on any atom is 0.335 e. The van der Waals surface area contributed by atoms with Crippen molar-refractivity contribution in [2.24, 2.45) is 0 Å². The second-order valence-corrected chi connectivity index (χ2v) is 4.04. The van der Waals surface area contributed by atoms with Crippen LogP contribution in [-0.4, -0.2) is 5.97 Å². The third-order valence-electron chi connectivity index (χ3n) is 2.41. The van der Waals surface area contributed by atoms with E-state index in [1.165, 1.54) is 0 Å². The van der Waals surface area contributed by atoms with Crippen LogP contribution >= 0.6 is 11.6 Å². The van der Waals surface area contributed by atoms with Gasteiger partial charge in [-0.25, -0.2) is 4.79 Å². The summed E-state index contributed by atoms with van der Waals surface area (Å²) in [6.45, 7) is 3.34. The van der Waals surface area contributed by atoms with Crippen molar-refractivity contribution in [1.29, 1.82) is 0 Å². The SMILES string of the molecule is C=CC(=O)Oc1ccc(-c2ccccc2)c(Cl)c1. The number of esters is 1. The molecule has 2 nitrogen and oxygen atoms in total. The molecular weight excluding hydrogens is 248 g/mol. The molecule has 2 aromatic rings. The molecule has 0 atom stereocenters. The first-order chi connectivity index (χ1) is 8.70.